The average Bonchev–Trinajstić information content (AvgIpc) is 3.13. The predicted molar refractivity (Wildman–Crippen MR) is 85.6 cm³/mol. The molecular weight excluding hydrogens is 284 g/mol. The molecule has 2 aromatic heterocycles. The molecule has 0 amide bonds. The van der Waals surface area contributed by atoms with Gasteiger partial charge in [0.2, 0.25) is 5.88 Å². The van der Waals surface area contributed by atoms with Gasteiger partial charge >= 0.3 is 0 Å². The highest BCUT2D eigenvalue weighted by molar-refractivity contribution is 7.15. The van der Waals surface area contributed by atoms with Crippen LogP contribution >= 0.6 is 11.3 Å². The van der Waals surface area contributed by atoms with E-state index < -0.39 is 0 Å². The summed E-state index contributed by atoms with van der Waals surface area (Å²) in [5.41, 5.74) is 8.52. The van der Waals surface area contributed by atoms with E-state index in [0.29, 0.717) is 5.88 Å². The lowest BCUT2D eigenvalue weighted by molar-refractivity contribution is 0.415. The summed E-state index contributed by atoms with van der Waals surface area (Å²) in [6.07, 6.45) is 1.01. The van der Waals surface area contributed by atoms with Gasteiger partial charge in [-0.25, -0.2) is 0 Å². The molecule has 5 heteroatoms. The predicted octanol–water partition coefficient (Wildman–Crippen LogP) is 4.22. The summed E-state index contributed by atoms with van der Waals surface area (Å²) in [6.45, 7) is 2.13. The summed E-state index contributed by atoms with van der Waals surface area (Å²) < 4.78 is 10.5. The van der Waals surface area contributed by atoms with Crippen molar-refractivity contribution in [2.24, 2.45) is 0 Å². The third-order valence-electron chi connectivity index (χ3n) is 3.32. The van der Waals surface area contributed by atoms with Crippen molar-refractivity contribution in [3.05, 3.63) is 41.3 Å². The SMILES string of the molecule is CCc1ccc(-c2noc(N)c2-c2cccc(OC)c2)s1. The second kappa shape index (κ2) is 5.61. The van der Waals surface area contributed by atoms with Crippen molar-refractivity contribution in [1.29, 1.82) is 0 Å². The van der Waals surface area contributed by atoms with Crippen LogP contribution in [0.2, 0.25) is 0 Å². The molecule has 0 aliphatic rings. The molecule has 2 N–H and O–H groups in total. The van der Waals surface area contributed by atoms with Crippen LogP contribution in [0.1, 0.15) is 11.8 Å². The second-order valence-corrected chi connectivity index (χ2v) is 5.79. The van der Waals surface area contributed by atoms with Crippen molar-refractivity contribution in [2.45, 2.75) is 13.3 Å². The number of aromatic nitrogens is 1. The topological polar surface area (TPSA) is 61.3 Å². The highest BCUT2D eigenvalue weighted by atomic mass is 32.1. The van der Waals surface area contributed by atoms with E-state index in [-0.39, 0.29) is 0 Å². The molecule has 0 fully saturated rings. The number of hydrogen-bond acceptors (Lipinski definition) is 5. The fourth-order valence-electron chi connectivity index (χ4n) is 2.22. The van der Waals surface area contributed by atoms with Crippen LogP contribution in [-0.2, 0) is 6.42 Å². The number of hydrogen-bond donors (Lipinski definition) is 1. The van der Waals surface area contributed by atoms with Gasteiger partial charge in [-0.1, -0.05) is 24.2 Å². The first kappa shape index (κ1) is 13.7. The monoisotopic (exact) mass is 300 g/mol. The van der Waals surface area contributed by atoms with Gasteiger partial charge in [-0.2, -0.15) is 0 Å². The van der Waals surface area contributed by atoms with Crippen LogP contribution in [-0.4, -0.2) is 12.3 Å². The Labute approximate surface area is 127 Å². The smallest absolute Gasteiger partial charge is 0.230 e. The van der Waals surface area contributed by atoms with Crippen molar-refractivity contribution >= 4 is 17.2 Å². The van der Waals surface area contributed by atoms with Gasteiger partial charge in [-0.15, -0.1) is 11.3 Å². The zero-order valence-corrected chi connectivity index (χ0v) is 12.7. The third-order valence-corrected chi connectivity index (χ3v) is 4.56. The van der Waals surface area contributed by atoms with Crippen LogP contribution in [0.25, 0.3) is 21.7 Å². The van der Waals surface area contributed by atoms with E-state index in [1.807, 2.05) is 24.3 Å². The Hall–Kier alpha value is -2.27. The van der Waals surface area contributed by atoms with Crippen molar-refractivity contribution in [3.8, 4) is 27.4 Å². The lowest BCUT2D eigenvalue weighted by Crippen LogP contribution is -1.88. The van der Waals surface area contributed by atoms with E-state index in [1.54, 1.807) is 18.4 Å². The molecule has 4 nitrogen and oxygen atoms in total. The minimum Gasteiger partial charge on any atom is -0.497 e. The van der Waals surface area contributed by atoms with Crippen LogP contribution in [0.15, 0.2) is 40.9 Å². The lowest BCUT2D eigenvalue weighted by Gasteiger charge is -2.04. The van der Waals surface area contributed by atoms with Crippen molar-refractivity contribution < 1.29 is 9.26 Å². The molecule has 0 unspecified atom stereocenters. The minimum absolute atomic E-state index is 0.324. The van der Waals surface area contributed by atoms with Crippen LogP contribution in [0.5, 0.6) is 5.75 Å². The average molecular weight is 300 g/mol. The number of nitrogen functional groups attached to an aromatic ring is 1. The third kappa shape index (κ3) is 2.52. The van der Waals surface area contributed by atoms with Crippen molar-refractivity contribution in [1.82, 2.24) is 5.16 Å². The standard InChI is InChI=1S/C16H16N2O2S/c1-3-12-7-8-13(21-12)15-14(16(17)20-18-15)10-5-4-6-11(9-10)19-2/h4-9H,3,17H2,1-2H3. The Bertz CT molecular complexity index is 761. The zero-order valence-electron chi connectivity index (χ0n) is 11.9. The highest BCUT2D eigenvalue weighted by Crippen LogP contribution is 2.39. The Kier molecular flexibility index (Phi) is 3.66. The fraction of sp³-hybridized carbons (Fsp3) is 0.188. The molecule has 3 aromatic rings. The maximum atomic E-state index is 5.98. The minimum atomic E-state index is 0.324. The molecule has 1 aromatic carbocycles. The number of anilines is 1. The summed E-state index contributed by atoms with van der Waals surface area (Å²) in [5.74, 6) is 1.10. The molecule has 0 saturated carbocycles. The maximum Gasteiger partial charge on any atom is 0.230 e. The van der Waals surface area contributed by atoms with E-state index in [0.717, 1.165) is 33.9 Å². The molecule has 0 spiro atoms. The van der Waals surface area contributed by atoms with Gasteiger partial charge in [-0.05, 0) is 36.2 Å². The molecule has 0 aliphatic heterocycles. The number of thiophene rings is 1. The number of rotatable bonds is 4. The molecule has 0 aliphatic carbocycles. The lowest BCUT2D eigenvalue weighted by atomic mass is 10.0. The van der Waals surface area contributed by atoms with Gasteiger partial charge in [-0.3, -0.25) is 0 Å². The number of ether oxygens (including phenoxy) is 1. The zero-order chi connectivity index (χ0) is 14.8. The van der Waals surface area contributed by atoms with Gasteiger partial charge in [0, 0.05) is 4.88 Å². The highest BCUT2D eigenvalue weighted by Gasteiger charge is 2.19. The molecule has 0 saturated heterocycles. The molecule has 0 atom stereocenters. The van der Waals surface area contributed by atoms with Gasteiger partial charge in [0.25, 0.3) is 0 Å². The fourth-order valence-corrected chi connectivity index (χ4v) is 3.16. The molecule has 21 heavy (non-hydrogen) atoms. The van der Waals surface area contributed by atoms with E-state index in [9.17, 15) is 0 Å². The second-order valence-electron chi connectivity index (χ2n) is 4.62. The maximum absolute atomic E-state index is 5.98. The van der Waals surface area contributed by atoms with Gasteiger partial charge < -0.3 is 15.0 Å². The summed E-state index contributed by atoms with van der Waals surface area (Å²) >= 11 is 1.71. The summed E-state index contributed by atoms with van der Waals surface area (Å²) in [7, 11) is 1.64. The molecular formula is C16H16N2O2S. The van der Waals surface area contributed by atoms with Gasteiger partial charge in [0.15, 0.2) is 0 Å². The van der Waals surface area contributed by atoms with Crippen molar-refractivity contribution in [2.75, 3.05) is 12.8 Å². The Morgan fingerprint density at radius 3 is 2.86 bits per heavy atom. The summed E-state index contributed by atoms with van der Waals surface area (Å²) in [4.78, 5) is 2.37. The van der Waals surface area contributed by atoms with Gasteiger partial charge in [0.1, 0.15) is 11.4 Å². The first-order chi connectivity index (χ1) is 10.2. The number of nitrogens with zero attached hydrogens (tertiary/aromatic N) is 1. The van der Waals surface area contributed by atoms with E-state index in [2.05, 4.69) is 24.2 Å². The normalized spacial score (nSPS) is 10.8. The van der Waals surface area contributed by atoms with Crippen LogP contribution in [0.3, 0.4) is 0 Å². The Balaban J connectivity index is 2.12. The molecule has 3 rings (SSSR count). The van der Waals surface area contributed by atoms with Crippen LogP contribution in [0, 0.1) is 0 Å². The van der Waals surface area contributed by atoms with Gasteiger partial charge in [0.05, 0.1) is 17.6 Å². The van der Waals surface area contributed by atoms with Crippen LogP contribution < -0.4 is 10.5 Å². The molecule has 0 radical (unpaired) electrons. The molecule has 0 bridgehead atoms. The first-order valence-corrected chi connectivity index (χ1v) is 7.53. The number of nitrogens with two attached hydrogens (primary N) is 1. The van der Waals surface area contributed by atoms with E-state index >= 15 is 0 Å². The largest absolute Gasteiger partial charge is 0.497 e. The van der Waals surface area contributed by atoms with Crippen LogP contribution in [0.4, 0.5) is 5.88 Å². The summed E-state index contributed by atoms with van der Waals surface area (Å²) in [6, 6.07) is 11.9. The Morgan fingerprint density at radius 1 is 1.29 bits per heavy atom. The summed E-state index contributed by atoms with van der Waals surface area (Å²) in [5, 5.41) is 4.14. The van der Waals surface area contributed by atoms with E-state index in [4.69, 9.17) is 15.0 Å². The molecule has 108 valence electrons. The Morgan fingerprint density at radius 2 is 2.14 bits per heavy atom. The number of methoxy groups -OCH3 is 1. The quantitative estimate of drug-likeness (QED) is 0.783. The molecule has 2 heterocycles. The van der Waals surface area contributed by atoms with Crippen molar-refractivity contribution in [3.63, 3.8) is 0 Å². The number of aryl methyl sites for hydroxylation is 1. The van der Waals surface area contributed by atoms with E-state index in [1.165, 1.54) is 4.88 Å². The first-order valence-electron chi connectivity index (χ1n) is 6.71. The number of benzene rings is 1.